The summed E-state index contributed by atoms with van der Waals surface area (Å²) in [6, 6.07) is 9.19. The standard InChI is InChI=1S/C20H28N6O3S/c1-15-7-8-17(13-21-15)23-20(27)24-19-6-4-5-16-14-26(11-9-18(16)19)12-10-22-30(28,29)25(2)3/h4-8,13,22H,9-12,14H2,1-3H3,(H2,23,24,27). The molecule has 0 radical (unpaired) electrons. The number of pyridine rings is 1. The van der Waals surface area contributed by atoms with Gasteiger partial charge in [-0.05, 0) is 42.7 Å². The summed E-state index contributed by atoms with van der Waals surface area (Å²) in [6.07, 6.45) is 2.40. The van der Waals surface area contributed by atoms with Crippen LogP contribution in [0.15, 0.2) is 36.5 Å². The van der Waals surface area contributed by atoms with Crippen LogP contribution in [-0.4, -0.2) is 62.4 Å². The van der Waals surface area contributed by atoms with E-state index in [0.29, 0.717) is 25.3 Å². The van der Waals surface area contributed by atoms with Gasteiger partial charge < -0.3 is 10.6 Å². The van der Waals surface area contributed by atoms with Gasteiger partial charge >= 0.3 is 6.03 Å². The van der Waals surface area contributed by atoms with Crippen molar-refractivity contribution in [3.8, 4) is 0 Å². The number of rotatable bonds is 7. The molecule has 30 heavy (non-hydrogen) atoms. The number of amides is 2. The van der Waals surface area contributed by atoms with Gasteiger partial charge in [-0.3, -0.25) is 9.88 Å². The van der Waals surface area contributed by atoms with Crippen LogP contribution in [0.3, 0.4) is 0 Å². The minimum Gasteiger partial charge on any atom is -0.307 e. The number of nitrogens with one attached hydrogen (secondary N) is 3. The molecule has 0 saturated heterocycles. The number of urea groups is 1. The molecule has 162 valence electrons. The van der Waals surface area contributed by atoms with Crippen LogP contribution in [0, 0.1) is 6.92 Å². The first-order valence-electron chi connectivity index (χ1n) is 9.75. The van der Waals surface area contributed by atoms with E-state index in [-0.39, 0.29) is 6.03 Å². The Bertz CT molecular complexity index is 992. The molecule has 2 amide bonds. The maximum Gasteiger partial charge on any atom is 0.323 e. The van der Waals surface area contributed by atoms with Crippen LogP contribution in [0.4, 0.5) is 16.2 Å². The molecular weight excluding hydrogens is 404 g/mol. The third-order valence-electron chi connectivity index (χ3n) is 4.96. The SMILES string of the molecule is Cc1ccc(NC(=O)Nc2cccc3c2CCN(CCNS(=O)(=O)N(C)C)C3)cn1. The third kappa shape index (κ3) is 5.76. The fourth-order valence-corrected chi connectivity index (χ4v) is 3.87. The van der Waals surface area contributed by atoms with E-state index in [0.717, 1.165) is 39.8 Å². The van der Waals surface area contributed by atoms with Crippen molar-refractivity contribution in [3.05, 3.63) is 53.3 Å². The van der Waals surface area contributed by atoms with Gasteiger partial charge in [0.25, 0.3) is 10.2 Å². The van der Waals surface area contributed by atoms with E-state index in [9.17, 15) is 13.2 Å². The van der Waals surface area contributed by atoms with E-state index in [2.05, 4.69) is 25.2 Å². The summed E-state index contributed by atoms with van der Waals surface area (Å²) < 4.78 is 27.4. The molecule has 3 N–H and O–H groups in total. The van der Waals surface area contributed by atoms with E-state index < -0.39 is 10.2 Å². The minimum atomic E-state index is -3.41. The lowest BCUT2D eigenvalue weighted by Gasteiger charge is -2.30. The first-order chi connectivity index (χ1) is 14.2. The van der Waals surface area contributed by atoms with Gasteiger partial charge in [-0.25, -0.2) is 9.52 Å². The van der Waals surface area contributed by atoms with Gasteiger partial charge in [-0.1, -0.05) is 12.1 Å². The van der Waals surface area contributed by atoms with Crippen molar-refractivity contribution >= 4 is 27.6 Å². The molecule has 1 aliphatic rings. The summed E-state index contributed by atoms with van der Waals surface area (Å²) in [7, 11) is -0.411. The number of aromatic nitrogens is 1. The first-order valence-corrected chi connectivity index (χ1v) is 11.2. The Labute approximate surface area is 177 Å². The molecule has 10 heteroatoms. The molecule has 0 aliphatic carbocycles. The van der Waals surface area contributed by atoms with E-state index in [4.69, 9.17) is 0 Å². The van der Waals surface area contributed by atoms with Gasteiger partial charge in [0.15, 0.2) is 0 Å². The van der Waals surface area contributed by atoms with Crippen LogP contribution >= 0.6 is 0 Å². The molecule has 0 fully saturated rings. The average Bonchev–Trinajstić information content (AvgIpc) is 2.69. The quantitative estimate of drug-likeness (QED) is 0.618. The lowest BCUT2D eigenvalue weighted by molar-refractivity contribution is 0.258. The van der Waals surface area contributed by atoms with Crippen LogP contribution < -0.4 is 15.4 Å². The zero-order valence-electron chi connectivity index (χ0n) is 17.5. The van der Waals surface area contributed by atoms with Crippen LogP contribution in [0.5, 0.6) is 0 Å². The number of fused-ring (bicyclic) bond motifs is 1. The molecule has 3 rings (SSSR count). The van der Waals surface area contributed by atoms with Gasteiger partial charge in [-0.15, -0.1) is 0 Å². The Kier molecular flexibility index (Phi) is 7.03. The first kappa shape index (κ1) is 22.2. The number of hydrogen-bond donors (Lipinski definition) is 3. The molecule has 0 saturated carbocycles. The second-order valence-corrected chi connectivity index (χ2v) is 9.39. The molecule has 0 bridgehead atoms. The molecule has 2 aromatic rings. The van der Waals surface area contributed by atoms with E-state index in [1.54, 1.807) is 6.20 Å². The maximum atomic E-state index is 12.4. The van der Waals surface area contributed by atoms with Crippen molar-refractivity contribution < 1.29 is 13.2 Å². The summed E-state index contributed by atoms with van der Waals surface area (Å²) in [4.78, 5) is 18.7. The molecule has 1 aromatic carbocycles. The van der Waals surface area contributed by atoms with Crippen molar-refractivity contribution in [3.63, 3.8) is 0 Å². The maximum absolute atomic E-state index is 12.4. The van der Waals surface area contributed by atoms with Crippen molar-refractivity contribution in [2.75, 3.05) is 44.4 Å². The van der Waals surface area contributed by atoms with Crippen LogP contribution in [0.25, 0.3) is 0 Å². The van der Waals surface area contributed by atoms with Crippen LogP contribution in [0.2, 0.25) is 0 Å². The van der Waals surface area contributed by atoms with Gasteiger partial charge in [0.05, 0.1) is 11.9 Å². The number of hydrogen-bond acceptors (Lipinski definition) is 5. The number of carbonyl (C=O) groups excluding carboxylic acids is 1. The zero-order chi connectivity index (χ0) is 21.7. The molecule has 0 unspecified atom stereocenters. The normalized spacial score (nSPS) is 14.4. The summed E-state index contributed by atoms with van der Waals surface area (Å²) in [6.45, 7) is 4.35. The minimum absolute atomic E-state index is 0.311. The number of benzene rings is 1. The van der Waals surface area contributed by atoms with Crippen molar-refractivity contribution in [2.45, 2.75) is 19.9 Å². The lowest BCUT2D eigenvalue weighted by Crippen LogP contribution is -2.41. The average molecular weight is 433 g/mol. The fourth-order valence-electron chi connectivity index (χ4n) is 3.26. The Morgan fingerprint density at radius 1 is 1.20 bits per heavy atom. The van der Waals surface area contributed by atoms with Gasteiger partial charge in [-0.2, -0.15) is 12.7 Å². The molecule has 2 heterocycles. The Hall–Kier alpha value is -2.53. The molecule has 0 spiro atoms. The van der Waals surface area contributed by atoms with Crippen LogP contribution in [0.1, 0.15) is 16.8 Å². The highest BCUT2D eigenvalue weighted by Gasteiger charge is 2.20. The molecule has 1 aliphatic heterocycles. The third-order valence-corrected chi connectivity index (χ3v) is 6.49. The summed E-state index contributed by atoms with van der Waals surface area (Å²) in [5.74, 6) is 0. The highest BCUT2D eigenvalue weighted by molar-refractivity contribution is 7.87. The van der Waals surface area contributed by atoms with Gasteiger partial charge in [0.1, 0.15) is 0 Å². The monoisotopic (exact) mass is 432 g/mol. The Balaban J connectivity index is 1.58. The molecular formula is C20H28N6O3S. The smallest absolute Gasteiger partial charge is 0.307 e. The fraction of sp³-hybridized carbons (Fsp3) is 0.400. The number of aryl methyl sites for hydroxylation is 1. The summed E-state index contributed by atoms with van der Waals surface area (Å²) >= 11 is 0. The Morgan fingerprint density at radius 2 is 2.00 bits per heavy atom. The predicted molar refractivity (Wildman–Crippen MR) is 118 cm³/mol. The molecule has 0 atom stereocenters. The largest absolute Gasteiger partial charge is 0.323 e. The van der Waals surface area contributed by atoms with E-state index >= 15 is 0 Å². The summed E-state index contributed by atoms with van der Waals surface area (Å²) in [5.41, 5.74) is 4.55. The summed E-state index contributed by atoms with van der Waals surface area (Å²) in [5, 5.41) is 5.72. The second kappa shape index (κ2) is 9.52. The van der Waals surface area contributed by atoms with E-state index in [1.165, 1.54) is 14.1 Å². The van der Waals surface area contributed by atoms with Crippen molar-refractivity contribution in [2.24, 2.45) is 0 Å². The van der Waals surface area contributed by atoms with Gasteiger partial charge in [0, 0.05) is 51.7 Å². The topological polar surface area (TPSA) is 107 Å². The highest BCUT2D eigenvalue weighted by Crippen LogP contribution is 2.26. The zero-order valence-corrected chi connectivity index (χ0v) is 18.3. The van der Waals surface area contributed by atoms with Crippen molar-refractivity contribution in [1.29, 1.82) is 0 Å². The lowest BCUT2D eigenvalue weighted by atomic mass is 9.98. The molecule has 1 aromatic heterocycles. The number of anilines is 2. The number of carbonyl (C=O) groups is 1. The Morgan fingerprint density at radius 3 is 2.70 bits per heavy atom. The molecule has 9 nitrogen and oxygen atoms in total. The van der Waals surface area contributed by atoms with Crippen molar-refractivity contribution in [1.82, 2.24) is 18.9 Å². The van der Waals surface area contributed by atoms with E-state index in [1.807, 2.05) is 37.3 Å². The number of nitrogens with zero attached hydrogens (tertiary/aromatic N) is 3. The predicted octanol–water partition coefficient (Wildman–Crippen LogP) is 1.79. The van der Waals surface area contributed by atoms with Gasteiger partial charge in [0.2, 0.25) is 0 Å². The highest BCUT2D eigenvalue weighted by atomic mass is 32.2. The van der Waals surface area contributed by atoms with Crippen LogP contribution in [-0.2, 0) is 23.2 Å². The second-order valence-electron chi connectivity index (χ2n) is 7.42.